The molecule has 0 amide bonds. The molecule has 3 N–H and O–H groups in total. The fraction of sp³-hybridized carbons (Fsp3) is 0.500. The first-order valence-corrected chi connectivity index (χ1v) is 8.41. The fourth-order valence-electron chi connectivity index (χ4n) is 2.02. The van der Waals surface area contributed by atoms with Gasteiger partial charge in [-0.3, -0.25) is 0 Å². The molecule has 0 radical (unpaired) electrons. The maximum absolute atomic E-state index is 12.3. The van der Waals surface area contributed by atoms with Gasteiger partial charge in [-0.1, -0.05) is 23.2 Å². The van der Waals surface area contributed by atoms with Crippen LogP contribution in [0.25, 0.3) is 0 Å². The van der Waals surface area contributed by atoms with Gasteiger partial charge in [0.05, 0.1) is 22.3 Å². The number of nitrogens with one attached hydrogen (secondary N) is 1. The standard InChI is InChI=1S/C12H16Cl2N2O4S/c1-19-12(4-5-20-7-12)6-16-21(17,18)9-3-2-8(13)11(15)10(9)14/h2-3,16H,4-7,15H2,1H3. The quantitative estimate of drug-likeness (QED) is 0.784. The van der Waals surface area contributed by atoms with Crippen LogP contribution in [0.1, 0.15) is 6.42 Å². The minimum absolute atomic E-state index is 0.0341. The zero-order valence-corrected chi connectivity index (χ0v) is 13.7. The molecule has 0 bridgehead atoms. The number of ether oxygens (including phenoxy) is 2. The van der Waals surface area contributed by atoms with Crippen molar-refractivity contribution in [2.45, 2.75) is 16.9 Å². The molecule has 0 aromatic heterocycles. The maximum Gasteiger partial charge on any atom is 0.242 e. The summed E-state index contributed by atoms with van der Waals surface area (Å²) >= 11 is 11.8. The van der Waals surface area contributed by atoms with Gasteiger partial charge >= 0.3 is 0 Å². The van der Waals surface area contributed by atoms with Gasteiger partial charge in [-0.05, 0) is 12.1 Å². The molecule has 1 unspecified atom stereocenters. The molecule has 1 saturated heterocycles. The van der Waals surface area contributed by atoms with Gasteiger partial charge in [0.15, 0.2) is 0 Å². The molecule has 2 rings (SSSR count). The number of sulfonamides is 1. The van der Waals surface area contributed by atoms with E-state index in [0.29, 0.717) is 19.6 Å². The Balaban J connectivity index is 2.21. The number of benzene rings is 1. The lowest BCUT2D eigenvalue weighted by atomic mass is 10.0. The highest BCUT2D eigenvalue weighted by Crippen LogP contribution is 2.33. The molecule has 1 fully saturated rings. The van der Waals surface area contributed by atoms with E-state index in [-0.39, 0.29) is 27.2 Å². The molecule has 1 aromatic carbocycles. The smallest absolute Gasteiger partial charge is 0.242 e. The Morgan fingerprint density at radius 3 is 2.76 bits per heavy atom. The normalized spacial score (nSPS) is 22.6. The van der Waals surface area contributed by atoms with Gasteiger partial charge in [-0.15, -0.1) is 0 Å². The predicted molar refractivity (Wildman–Crippen MR) is 81.2 cm³/mol. The van der Waals surface area contributed by atoms with E-state index < -0.39 is 15.6 Å². The third-order valence-electron chi connectivity index (χ3n) is 3.47. The number of nitrogen functional groups attached to an aromatic ring is 1. The van der Waals surface area contributed by atoms with E-state index in [9.17, 15) is 8.42 Å². The molecular formula is C12H16Cl2N2O4S. The fourth-order valence-corrected chi connectivity index (χ4v) is 3.90. The summed E-state index contributed by atoms with van der Waals surface area (Å²) < 4.78 is 37.8. The Hall–Kier alpha value is -0.570. The van der Waals surface area contributed by atoms with Gasteiger partial charge < -0.3 is 15.2 Å². The second kappa shape index (κ2) is 6.28. The van der Waals surface area contributed by atoms with Crippen molar-refractivity contribution in [3.05, 3.63) is 22.2 Å². The molecule has 0 aliphatic carbocycles. The van der Waals surface area contributed by atoms with Gasteiger partial charge in [0.25, 0.3) is 0 Å². The second-order valence-electron chi connectivity index (χ2n) is 4.79. The van der Waals surface area contributed by atoms with Crippen LogP contribution in [0, 0.1) is 0 Å². The van der Waals surface area contributed by atoms with Crippen LogP contribution in [0.4, 0.5) is 5.69 Å². The van der Waals surface area contributed by atoms with Crippen LogP contribution in [0.15, 0.2) is 17.0 Å². The molecule has 1 heterocycles. The number of rotatable bonds is 5. The van der Waals surface area contributed by atoms with E-state index in [1.807, 2.05) is 0 Å². The summed E-state index contributed by atoms with van der Waals surface area (Å²) in [6, 6.07) is 2.70. The Bertz CT molecular complexity index is 630. The number of hydrogen-bond donors (Lipinski definition) is 2. The van der Waals surface area contributed by atoms with E-state index in [1.165, 1.54) is 19.2 Å². The van der Waals surface area contributed by atoms with E-state index in [2.05, 4.69) is 4.72 Å². The zero-order valence-electron chi connectivity index (χ0n) is 11.4. The van der Waals surface area contributed by atoms with Crippen LogP contribution in [0.5, 0.6) is 0 Å². The van der Waals surface area contributed by atoms with E-state index in [1.54, 1.807) is 0 Å². The first-order valence-electron chi connectivity index (χ1n) is 6.17. The van der Waals surface area contributed by atoms with Gasteiger partial charge in [0.2, 0.25) is 10.0 Å². The van der Waals surface area contributed by atoms with Crippen molar-refractivity contribution in [1.82, 2.24) is 4.72 Å². The molecule has 1 aliphatic rings. The monoisotopic (exact) mass is 354 g/mol. The maximum atomic E-state index is 12.3. The lowest BCUT2D eigenvalue weighted by Gasteiger charge is -2.26. The van der Waals surface area contributed by atoms with Crippen molar-refractivity contribution in [2.75, 3.05) is 32.6 Å². The minimum atomic E-state index is -3.82. The third-order valence-corrected chi connectivity index (χ3v) is 5.76. The van der Waals surface area contributed by atoms with Gasteiger partial charge in [0, 0.05) is 26.7 Å². The molecule has 6 nitrogen and oxygen atoms in total. The number of halogens is 2. The van der Waals surface area contributed by atoms with Crippen LogP contribution in [0.2, 0.25) is 10.0 Å². The average Bonchev–Trinajstić information content (AvgIpc) is 2.92. The summed E-state index contributed by atoms with van der Waals surface area (Å²) in [6.07, 6.45) is 0.614. The molecule has 21 heavy (non-hydrogen) atoms. The summed E-state index contributed by atoms with van der Waals surface area (Å²) in [5.74, 6) is 0. The van der Waals surface area contributed by atoms with E-state index in [4.69, 9.17) is 38.4 Å². The molecule has 118 valence electrons. The minimum Gasteiger partial charge on any atom is -0.396 e. The first-order chi connectivity index (χ1) is 9.81. The van der Waals surface area contributed by atoms with Crippen LogP contribution < -0.4 is 10.5 Å². The molecule has 0 saturated carbocycles. The summed E-state index contributed by atoms with van der Waals surface area (Å²) in [5, 5.41) is 0.112. The SMILES string of the molecule is COC1(CNS(=O)(=O)c2ccc(Cl)c(N)c2Cl)CCOC1. The van der Waals surface area contributed by atoms with Crippen molar-refractivity contribution >= 4 is 38.9 Å². The molecule has 1 aliphatic heterocycles. The Morgan fingerprint density at radius 1 is 1.48 bits per heavy atom. The summed E-state index contributed by atoms with van der Waals surface area (Å²) in [6.45, 7) is 0.956. The zero-order chi connectivity index (χ0) is 15.7. The van der Waals surface area contributed by atoms with Crippen LogP contribution in [-0.4, -0.2) is 40.9 Å². The van der Waals surface area contributed by atoms with Gasteiger partial charge in [-0.25, -0.2) is 13.1 Å². The molecule has 1 atom stereocenters. The van der Waals surface area contributed by atoms with Gasteiger partial charge in [0.1, 0.15) is 10.5 Å². The number of nitrogens with two attached hydrogens (primary N) is 1. The van der Waals surface area contributed by atoms with Crippen molar-refractivity contribution in [2.24, 2.45) is 0 Å². The van der Waals surface area contributed by atoms with Crippen molar-refractivity contribution in [1.29, 1.82) is 0 Å². The van der Waals surface area contributed by atoms with Crippen molar-refractivity contribution < 1.29 is 17.9 Å². The Labute approximate surface area is 133 Å². The number of hydrogen-bond acceptors (Lipinski definition) is 5. The Kier molecular flexibility index (Phi) is 5.02. The average molecular weight is 355 g/mol. The van der Waals surface area contributed by atoms with Crippen LogP contribution in [0.3, 0.4) is 0 Å². The predicted octanol–water partition coefficient (Wildman–Crippen LogP) is 1.66. The molecule has 0 spiro atoms. The number of methoxy groups -OCH3 is 1. The summed E-state index contributed by atoms with van der Waals surface area (Å²) in [4.78, 5) is -0.115. The largest absolute Gasteiger partial charge is 0.396 e. The molecule has 9 heteroatoms. The van der Waals surface area contributed by atoms with Gasteiger partial charge in [-0.2, -0.15) is 0 Å². The summed E-state index contributed by atoms with van der Waals surface area (Å²) in [5.41, 5.74) is 5.03. The van der Waals surface area contributed by atoms with Crippen LogP contribution >= 0.6 is 23.2 Å². The number of anilines is 1. The van der Waals surface area contributed by atoms with Crippen molar-refractivity contribution in [3.8, 4) is 0 Å². The molecule has 1 aromatic rings. The second-order valence-corrected chi connectivity index (χ2v) is 7.31. The highest BCUT2D eigenvalue weighted by molar-refractivity contribution is 7.89. The van der Waals surface area contributed by atoms with E-state index in [0.717, 1.165) is 0 Å². The highest BCUT2D eigenvalue weighted by Gasteiger charge is 2.36. The first kappa shape index (κ1) is 16.8. The molecular weight excluding hydrogens is 339 g/mol. The lowest BCUT2D eigenvalue weighted by Crippen LogP contribution is -2.45. The van der Waals surface area contributed by atoms with E-state index >= 15 is 0 Å². The summed E-state index contributed by atoms with van der Waals surface area (Å²) in [7, 11) is -2.30. The highest BCUT2D eigenvalue weighted by atomic mass is 35.5. The third kappa shape index (κ3) is 3.44. The van der Waals surface area contributed by atoms with Crippen molar-refractivity contribution in [3.63, 3.8) is 0 Å². The van der Waals surface area contributed by atoms with Crippen LogP contribution in [-0.2, 0) is 19.5 Å². The Morgan fingerprint density at radius 2 is 2.19 bits per heavy atom. The lowest BCUT2D eigenvalue weighted by molar-refractivity contribution is -0.0120. The topological polar surface area (TPSA) is 90.7 Å².